The Morgan fingerprint density at radius 3 is 2.26 bits per heavy atom. The number of alkyl carbamates (subject to hydrolysis) is 1. The van der Waals surface area contributed by atoms with Gasteiger partial charge in [-0.2, -0.15) is 13.2 Å². The molecule has 0 atom stereocenters. The number of nitrogens with one attached hydrogen (secondary N) is 2. The second kappa shape index (κ2) is 11.0. The van der Waals surface area contributed by atoms with Gasteiger partial charge in [-0.1, -0.05) is 0 Å². The molecule has 0 unspecified atom stereocenters. The van der Waals surface area contributed by atoms with Gasteiger partial charge in [-0.05, 0) is 89.8 Å². The number of benzene rings is 1. The molecule has 1 saturated heterocycles. The summed E-state index contributed by atoms with van der Waals surface area (Å²) in [6.07, 6.45) is 0.262. The molecule has 1 aromatic carbocycles. The first-order valence-electron chi connectivity index (χ1n) is 12.3. The first kappa shape index (κ1) is 26.4. The van der Waals surface area contributed by atoms with Gasteiger partial charge < -0.3 is 20.3 Å². The lowest BCUT2D eigenvalue weighted by Gasteiger charge is -2.34. The predicted molar refractivity (Wildman–Crippen MR) is 126 cm³/mol. The van der Waals surface area contributed by atoms with Crippen molar-refractivity contribution in [3.05, 3.63) is 24.0 Å². The lowest BCUT2D eigenvalue weighted by molar-refractivity contribution is -0.179. The van der Waals surface area contributed by atoms with Crippen LogP contribution in [0.1, 0.15) is 65.7 Å². The molecule has 0 bridgehead atoms. The van der Waals surface area contributed by atoms with E-state index in [1.807, 2.05) is 25.7 Å². The van der Waals surface area contributed by atoms with Gasteiger partial charge in [0.15, 0.2) is 0 Å². The summed E-state index contributed by atoms with van der Waals surface area (Å²) in [5, 5.41) is 6.10. The Morgan fingerprint density at radius 1 is 1.06 bits per heavy atom. The average Bonchev–Trinajstić information content (AvgIpc) is 2.74. The number of halogens is 4. The van der Waals surface area contributed by atoms with E-state index in [0.717, 1.165) is 32.1 Å². The fraction of sp³-hybridized carbons (Fsp3) is 0.720. The van der Waals surface area contributed by atoms with E-state index >= 15 is 0 Å². The van der Waals surface area contributed by atoms with Crippen molar-refractivity contribution in [2.24, 2.45) is 11.8 Å². The maximum absolute atomic E-state index is 14.6. The van der Waals surface area contributed by atoms with E-state index in [0.29, 0.717) is 23.8 Å². The standard InChI is InChI=1S/C25H37F4N3O2/c1-24(2,3)34-23(33)31-19-6-4-17(5-7-19)10-13-30-22-9-8-20(16-21(22)26)32-14-11-18(12-15-32)25(27,28)29/h8-9,16-19,30H,4-7,10-15H2,1-3H3,(H,31,33). The number of ether oxygens (including phenoxy) is 1. The molecule has 1 heterocycles. The number of rotatable bonds is 6. The molecular weight excluding hydrogens is 450 g/mol. The molecule has 1 aromatic rings. The normalized spacial score (nSPS) is 22.4. The van der Waals surface area contributed by atoms with Gasteiger partial charge in [0.2, 0.25) is 0 Å². The van der Waals surface area contributed by atoms with Crippen LogP contribution in [-0.4, -0.2) is 43.5 Å². The van der Waals surface area contributed by atoms with Gasteiger partial charge in [-0.25, -0.2) is 9.18 Å². The number of nitrogens with zero attached hydrogens (tertiary/aromatic N) is 1. The van der Waals surface area contributed by atoms with Crippen molar-refractivity contribution >= 4 is 17.5 Å². The Labute approximate surface area is 199 Å². The van der Waals surface area contributed by atoms with Crippen molar-refractivity contribution in [3.63, 3.8) is 0 Å². The quantitative estimate of drug-likeness (QED) is 0.451. The molecule has 3 rings (SSSR count). The summed E-state index contributed by atoms with van der Waals surface area (Å²) < 4.78 is 58.5. The molecule has 2 fully saturated rings. The summed E-state index contributed by atoms with van der Waals surface area (Å²) in [7, 11) is 0. The molecule has 2 aliphatic rings. The van der Waals surface area contributed by atoms with Crippen molar-refractivity contribution < 1.29 is 27.1 Å². The Morgan fingerprint density at radius 2 is 1.71 bits per heavy atom. The molecule has 9 heteroatoms. The van der Waals surface area contributed by atoms with Crippen molar-refractivity contribution in [2.75, 3.05) is 29.9 Å². The van der Waals surface area contributed by atoms with Crippen molar-refractivity contribution in [2.45, 2.75) is 83.5 Å². The smallest absolute Gasteiger partial charge is 0.407 e. The highest BCUT2D eigenvalue weighted by Gasteiger charge is 2.41. The molecule has 192 valence electrons. The van der Waals surface area contributed by atoms with E-state index in [9.17, 15) is 22.4 Å². The highest BCUT2D eigenvalue weighted by atomic mass is 19.4. The van der Waals surface area contributed by atoms with E-state index in [2.05, 4.69) is 10.6 Å². The molecule has 0 spiro atoms. The number of hydrogen-bond donors (Lipinski definition) is 2. The molecule has 0 aromatic heterocycles. The van der Waals surface area contributed by atoms with Gasteiger partial charge in [0.05, 0.1) is 11.6 Å². The minimum atomic E-state index is -4.15. The topological polar surface area (TPSA) is 53.6 Å². The summed E-state index contributed by atoms with van der Waals surface area (Å²) in [4.78, 5) is 13.7. The minimum Gasteiger partial charge on any atom is -0.444 e. The molecule has 34 heavy (non-hydrogen) atoms. The maximum Gasteiger partial charge on any atom is 0.407 e. The highest BCUT2D eigenvalue weighted by Crippen LogP contribution is 2.36. The zero-order valence-electron chi connectivity index (χ0n) is 20.3. The number of hydrogen-bond acceptors (Lipinski definition) is 4. The van der Waals surface area contributed by atoms with Crippen LogP contribution in [0.4, 0.5) is 33.7 Å². The third kappa shape index (κ3) is 7.94. The molecule has 1 amide bonds. The fourth-order valence-corrected chi connectivity index (χ4v) is 4.79. The maximum atomic E-state index is 14.6. The van der Waals surface area contributed by atoms with Gasteiger partial charge in [0.1, 0.15) is 11.4 Å². The number of alkyl halides is 3. The van der Waals surface area contributed by atoms with E-state index in [1.54, 1.807) is 12.1 Å². The van der Waals surface area contributed by atoms with E-state index in [-0.39, 0.29) is 43.9 Å². The van der Waals surface area contributed by atoms with Gasteiger partial charge in [0, 0.05) is 31.4 Å². The van der Waals surface area contributed by atoms with E-state index in [4.69, 9.17) is 4.74 Å². The number of amides is 1. The summed E-state index contributed by atoms with van der Waals surface area (Å²) in [5.74, 6) is -1.14. The Kier molecular flexibility index (Phi) is 8.57. The molecule has 1 aliphatic heterocycles. The fourth-order valence-electron chi connectivity index (χ4n) is 4.79. The molecule has 0 radical (unpaired) electrons. The van der Waals surface area contributed by atoms with Crippen molar-refractivity contribution in [3.8, 4) is 0 Å². The van der Waals surface area contributed by atoms with Crippen LogP contribution in [0.25, 0.3) is 0 Å². The lowest BCUT2D eigenvalue weighted by Crippen LogP contribution is -2.41. The summed E-state index contributed by atoms with van der Waals surface area (Å²) in [6, 6.07) is 4.98. The minimum absolute atomic E-state index is 0.0423. The first-order valence-corrected chi connectivity index (χ1v) is 12.3. The monoisotopic (exact) mass is 487 g/mol. The Bertz CT molecular complexity index is 809. The van der Waals surface area contributed by atoms with Gasteiger partial charge in [-0.3, -0.25) is 0 Å². The molecular formula is C25H37F4N3O2. The van der Waals surface area contributed by atoms with Crippen LogP contribution in [0.5, 0.6) is 0 Å². The zero-order chi connectivity index (χ0) is 24.9. The second-order valence-electron chi connectivity index (χ2n) is 10.5. The summed E-state index contributed by atoms with van der Waals surface area (Å²) in [5.41, 5.74) is 0.526. The number of anilines is 2. The van der Waals surface area contributed by atoms with Crippen LogP contribution in [0.2, 0.25) is 0 Å². The third-order valence-corrected chi connectivity index (χ3v) is 6.71. The molecule has 2 N–H and O–H groups in total. The average molecular weight is 488 g/mol. The van der Waals surface area contributed by atoms with E-state index in [1.165, 1.54) is 6.07 Å². The Balaban J connectivity index is 1.38. The SMILES string of the molecule is CC(C)(C)OC(=O)NC1CCC(CCNc2ccc(N3CCC(C(F)(F)F)CC3)cc2F)CC1. The van der Waals surface area contributed by atoms with Crippen LogP contribution >= 0.6 is 0 Å². The van der Waals surface area contributed by atoms with E-state index < -0.39 is 17.7 Å². The number of piperidine rings is 1. The van der Waals surface area contributed by atoms with Crippen LogP contribution in [0.3, 0.4) is 0 Å². The van der Waals surface area contributed by atoms with Gasteiger partial charge in [0.25, 0.3) is 0 Å². The summed E-state index contributed by atoms with van der Waals surface area (Å²) >= 11 is 0. The molecule has 1 saturated carbocycles. The van der Waals surface area contributed by atoms with Crippen molar-refractivity contribution in [1.82, 2.24) is 5.32 Å². The number of carbonyl (C=O) groups is 1. The molecule has 1 aliphatic carbocycles. The van der Waals surface area contributed by atoms with Crippen LogP contribution in [0, 0.1) is 17.7 Å². The van der Waals surface area contributed by atoms with Crippen molar-refractivity contribution in [1.29, 1.82) is 0 Å². The predicted octanol–water partition coefficient (Wildman–Crippen LogP) is 6.49. The Hall–Kier alpha value is -2.19. The van der Waals surface area contributed by atoms with Gasteiger partial charge in [-0.15, -0.1) is 0 Å². The first-order chi connectivity index (χ1) is 15.9. The third-order valence-electron chi connectivity index (χ3n) is 6.71. The molecule has 5 nitrogen and oxygen atoms in total. The summed E-state index contributed by atoms with van der Waals surface area (Å²) in [6.45, 7) is 6.72. The van der Waals surface area contributed by atoms with Crippen LogP contribution in [-0.2, 0) is 4.74 Å². The highest BCUT2D eigenvalue weighted by molar-refractivity contribution is 5.68. The second-order valence-corrected chi connectivity index (χ2v) is 10.5. The van der Waals surface area contributed by atoms with Gasteiger partial charge >= 0.3 is 12.3 Å². The number of carbonyl (C=O) groups excluding carboxylic acids is 1. The lowest BCUT2D eigenvalue weighted by atomic mass is 9.84. The van der Waals surface area contributed by atoms with Crippen LogP contribution < -0.4 is 15.5 Å². The largest absolute Gasteiger partial charge is 0.444 e. The van der Waals surface area contributed by atoms with Crippen LogP contribution in [0.15, 0.2) is 18.2 Å². The zero-order valence-corrected chi connectivity index (χ0v) is 20.3.